The molecule has 0 bridgehead atoms. The van der Waals surface area contributed by atoms with Gasteiger partial charge in [0.05, 0.1) is 11.3 Å². The number of carbonyl (C=O) groups excluding carboxylic acids is 1. The van der Waals surface area contributed by atoms with Crippen molar-refractivity contribution in [3.63, 3.8) is 0 Å². The van der Waals surface area contributed by atoms with Crippen LogP contribution < -0.4 is 9.64 Å². The van der Waals surface area contributed by atoms with Crippen LogP contribution in [0.2, 0.25) is 0 Å². The number of benzene rings is 1. The predicted molar refractivity (Wildman–Crippen MR) is 98.8 cm³/mol. The van der Waals surface area contributed by atoms with Crippen molar-refractivity contribution in [1.29, 1.82) is 0 Å². The smallest absolute Gasteiger partial charge is 0.265 e. The van der Waals surface area contributed by atoms with Crippen LogP contribution in [-0.2, 0) is 4.79 Å². The summed E-state index contributed by atoms with van der Waals surface area (Å²) < 4.78 is 11.7. The third-order valence-electron chi connectivity index (χ3n) is 3.99. The lowest BCUT2D eigenvalue weighted by molar-refractivity contribution is -0.121. The maximum absolute atomic E-state index is 12.2. The van der Waals surface area contributed by atoms with E-state index in [1.54, 1.807) is 17.3 Å². The second-order valence-corrected chi connectivity index (χ2v) is 6.75. The van der Waals surface area contributed by atoms with E-state index in [-0.39, 0.29) is 12.5 Å². The number of carbonyl (C=O) groups is 1. The number of fused-ring (bicyclic) bond motifs is 1. The van der Waals surface area contributed by atoms with Crippen molar-refractivity contribution in [3.8, 4) is 28.6 Å². The summed E-state index contributed by atoms with van der Waals surface area (Å²) in [6, 6.07) is 7.39. The van der Waals surface area contributed by atoms with Gasteiger partial charge in [0, 0.05) is 29.0 Å². The third kappa shape index (κ3) is 3.08. The van der Waals surface area contributed by atoms with Gasteiger partial charge < -0.3 is 14.2 Å². The Morgan fingerprint density at radius 2 is 2.12 bits per heavy atom. The van der Waals surface area contributed by atoms with Crippen molar-refractivity contribution in [2.75, 3.05) is 18.1 Å². The van der Waals surface area contributed by atoms with Crippen LogP contribution >= 0.6 is 15.9 Å². The van der Waals surface area contributed by atoms with Crippen LogP contribution in [0.1, 0.15) is 13.3 Å². The molecule has 0 radical (unpaired) electrons. The van der Waals surface area contributed by atoms with Crippen molar-refractivity contribution in [2.24, 2.45) is 0 Å². The number of ether oxygens (including phenoxy) is 1. The fraction of sp³-hybridized carbons (Fsp3) is 0.222. The number of hydrogen-bond donors (Lipinski definition) is 0. The Morgan fingerprint density at radius 3 is 2.92 bits per heavy atom. The molecule has 1 aliphatic rings. The monoisotopic (exact) mass is 414 g/mol. The van der Waals surface area contributed by atoms with E-state index in [2.05, 4.69) is 31.1 Å². The molecule has 132 valence electrons. The molecule has 0 saturated heterocycles. The average Bonchev–Trinajstić information content (AvgIpc) is 3.14. The van der Waals surface area contributed by atoms with Gasteiger partial charge in [0.1, 0.15) is 5.75 Å². The van der Waals surface area contributed by atoms with Crippen molar-refractivity contribution in [3.05, 3.63) is 41.1 Å². The topological polar surface area (TPSA) is 81.4 Å². The number of halogens is 1. The largest absolute Gasteiger partial charge is 0.482 e. The molecule has 2 aromatic heterocycles. The highest BCUT2D eigenvalue weighted by Crippen LogP contribution is 2.36. The molecule has 1 aromatic carbocycles. The van der Waals surface area contributed by atoms with Gasteiger partial charge >= 0.3 is 0 Å². The minimum atomic E-state index is -0.0505. The number of pyridine rings is 1. The van der Waals surface area contributed by atoms with Gasteiger partial charge in [0.25, 0.3) is 11.8 Å². The van der Waals surface area contributed by atoms with Crippen molar-refractivity contribution < 1.29 is 14.1 Å². The van der Waals surface area contributed by atoms with E-state index < -0.39 is 0 Å². The van der Waals surface area contributed by atoms with Crippen LogP contribution in [0.4, 0.5) is 5.69 Å². The fourth-order valence-electron chi connectivity index (χ4n) is 2.80. The van der Waals surface area contributed by atoms with Crippen molar-refractivity contribution in [1.82, 2.24) is 15.1 Å². The summed E-state index contributed by atoms with van der Waals surface area (Å²) in [5.74, 6) is 1.45. The first-order valence-corrected chi connectivity index (χ1v) is 8.97. The first-order valence-electron chi connectivity index (χ1n) is 8.18. The highest BCUT2D eigenvalue weighted by molar-refractivity contribution is 9.10. The molecule has 0 saturated carbocycles. The maximum atomic E-state index is 12.2. The normalized spacial score (nSPS) is 13.5. The molecule has 1 amide bonds. The summed E-state index contributed by atoms with van der Waals surface area (Å²) in [6.07, 6.45) is 4.20. The van der Waals surface area contributed by atoms with Gasteiger partial charge in [-0.3, -0.25) is 9.78 Å². The molecule has 7 nitrogen and oxygen atoms in total. The Hall–Kier alpha value is -2.74. The van der Waals surface area contributed by atoms with Gasteiger partial charge in [0.15, 0.2) is 6.61 Å². The summed E-state index contributed by atoms with van der Waals surface area (Å²) in [4.78, 5) is 22.4. The van der Waals surface area contributed by atoms with E-state index in [1.165, 1.54) is 0 Å². The van der Waals surface area contributed by atoms with Gasteiger partial charge in [-0.2, -0.15) is 4.98 Å². The Labute approximate surface area is 158 Å². The van der Waals surface area contributed by atoms with E-state index in [0.717, 1.165) is 27.7 Å². The zero-order chi connectivity index (χ0) is 18.1. The number of amides is 1. The highest BCUT2D eigenvalue weighted by atomic mass is 79.9. The summed E-state index contributed by atoms with van der Waals surface area (Å²) >= 11 is 3.38. The fourth-order valence-corrected chi connectivity index (χ4v) is 3.16. The zero-order valence-corrected chi connectivity index (χ0v) is 15.6. The number of aromatic nitrogens is 3. The molecule has 0 unspecified atom stereocenters. The van der Waals surface area contributed by atoms with Crippen LogP contribution in [-0.4, -0.2) is 34.2 Å². The number of rotatable bonds is 4. The van der Waals surface area contributed by atoms with Crippen LogP contribution in [0.25, 0.3) is 22.8 Å². The highest BCUT2D eigenvalue weighted by Gasteiger charge is 2.25. The van der Waals surface area contributed by atoms with Gasteiger partial charge in [-0.25, -0.2) is 0 Å². The third-order valence-corrected chi connectivity index (χ3v) is 4.42. The predicted octanol–water partition coefficient (Wildman–Crippen LogP) is 3.70. The van der Waals surface area contributed by atoms with Crippen LogP contribution in [0.3, 0.4) is 0 Å². The first kappa shape index (κ1) is 16.7. The Kier molecular flexibility index (Phi) is 4.42. The standard InChI is InChI=1S/C18H15BrN4O3/c1-2-5-23-14-7-11(3-4-15(14)25-10-16(23)24)17-21-18(26-22-17)12-6-13(19)9-20-8-12/h3-4,6-9H,2,5,10H2,1H3. The second-order valence-electron chi connectivity index (χ2n) is 5.83. The number of hydrogen-bond acceptors (Lipinski definition) is 6. The van der Waals surface area contributed by atoms with E-state index in [4.69, 9.17) is 9.26 Å². The quantitative estimate of drug-likeness (QED) is 0.647. The maximum Gasteiger partial charge on any atom is 0.265 e. The summed E-state index contributed by atoms with van der Waals surface area (Å²) in [5, 5.41) is 4.06. The summed E-state index contributed by atoms with van der Waals surface area (Å²) in [7, 11) is 0. The van der Waals surface area contributed by atoms with Gasteiger partial charge in [-0.1, -0.05) is 12.1 Å². The number of anilines is 1. The molecule has 0 spiro atoms. The lowest BCUT2D eigenvalue weighted by atomic mass is 10.1. The van der Waals surface area contributed by atoms with Gasteiger partial charge in [-0.15, -0.1) is 0 Å². The van der Waals surface area contributed by atoms with E-state index >= 15 is 0 Å². The molecule has 3 aromatic rings. The lowest BCUT2D eigenvalue weighted by Crippen LogP contribution is -2.39. The van der Waals surface area contributed by atoms with E-state index in [0.29, 0.717) is 24.0 Å². The van der Waals surface area contributed by atoms with E-state index in [1.807, 2.05) is 31.2 Å². The number of nitrogens with zero attached hydrogens (tertiary/aromatic N) is 4. The molecule has 8 heteroatoms. The molecule has 1 aliphatic heterocycles. The Bertz CT molecular complexity index is 973. The summed E-state index contributed by atoms with van der Waals surface area (Å²) in [5.41, 5.74) is 2.21. The van der Waals surface area contributed by atoms with Crippen LogP contribution in [0, 0.1) is 0 Å². The zero-order valence-electron chi connectivity index (χ0n) is 14.0. The molecule has 0 N–H and O–H groups in total. The SMILES string of the molecule is CCCN1C(=O)COc2ccc(-c3noc(-c4cncc(Br)c4)n3)cc21. The Morgan fingerprint density at radius 1 is 1.23 bits per heavy atom. The molecular formula is C18H15BrN4O3. The van der Waals surface area contributed by atoms with Gasteiger partial charge in [0.2, 0.25) is 5.82 Å². The molecule has 26 heavy (non-hydrogen) atoms. The van der Waals surface area contributed by atoms with Crippen LogP contribution in [0.5, 0.6) is 5.75 Å². The average molecular weight is 415 g/mol. The minimum Gasteiger partial charge on any atom is -0.482 e. The minimum absolute atomic E-state index is 0.0505. The van der Waals surface area contributed by atoms with E-state index in [9.17, 15) is 4.79 Å². The molecule has 4 rings (SSSR count). The Balaban J connectivity index is 1.70. The molecule has 0 atom stereocenters. The van der Waals surface area contributed by atoms with Crippen molar-refractivity contribution >= 4 is 27.5 Å². The lowest BCUT2D eigenvalue weighted by Gasteiger charge is -2.29. The van der Waals surface area contributed by atoms with Crippen molar-refractivity contribution in [2.45, 2.75) is 13.3 Å². The molecule has 3 heterocycles. The van der Waals surface area contributed by atoms with Crippen LogP contribution in [0.15, 0.2) is 45.7 Å². The molecular weight excluding hydrogens is 400 g/mol. The molecule has 0 fully saturated rings. The second kappa shape index (κ2) is 6.87. The summed E-state index contributed by atoms with van der Waals surface area (Å²) in [6.45, 7) is 2.73. The van der Waals surface area contributed by atoms with Gasteiger partial charge in [-0.05, 0) is 46.6 Å². The first-order chi connectivity index (χ1) is 12.7. The molecule has 0 aliphatic carbocycles.